The molecule has 6 amide bonds. The molecule has 0 aliphatic carbocycles. The lowest BCUT2D eigenvalue weighted by Gasteiger charge is -2.33. The Hall–Kier alpha value is -4.78. The van der Waals surface area contributed by atoms with E-state index in [1.807, 2.05) is 57.2 Å². The summed E-state index contributed by atoms with van der Waals surface area (Å²) in [5.41, 5.74) is 9.21. The van der Waals surface area contributed by atoms with Gasteiger partial charge in [0.2, 0.25) is 35.4 Å². The Morgan fingerprint density at radius 3 is 2.43 bits per heavy atom. The van der Waals surface area contributed by atoms with Crippen molar-refractivity contribution in [3.63, 3.8) is 0 Å². The summed E-state index contributed by atoms with van der Waals surface area (Å²) in [5.74, 6) is -2.00. The van der Waals surface area contributed by atoms with Crippen molar-refractivity contribution in [2.75, 3.05) is 23.3 Å². The number of primary amides is 1. The van der Waals surface area contributed by atoms with Crippen molar-refractivity contribution in [1.82, 2.24) is 15.5 Å². The lowest BCUT2D eigenvalue weighted by atomic mass is 9.85. The van der Waals surface area contributed by atoms with E-state index in [1.54, 1.807) is 15.9 Å². The van der Waals surface area contributed by atoms with Gasteiger partial charge in [0.25, 0.3) is 0 Å². The maximum atomic E-state index is 13.7. The number of amides is 6. The lowest BCUT2D eigenvalue weighted by Crippen LogP contribution is -2.54. The molecule has 0 bridgehead atoms. The van der Waals surface area contributed by atoms with Gasteiger partial charge in [0.05, 0.1) is 11.8 Å². The third-order valence-corrected chi connectivity index (χ3v) is 10.3. The number of unbranched alkanes of at least 4 members (excludes halogenated alkanes) is 2. The van der Waals surface area contributed by atoms with Crippen LogP contribution in [0, 0.1) is 5.41 Å². The average Bonchev–Trinajstić information content (AvgIpc) is 3.68. The highest BCUT2D eigenvalue weighted by Gasteiger charge is 2.42. The molecule has 53 heavy (non-hydrogen) atoms. The quantitative estimate of drug-likeness (QED) is 0.174. The van der Waals surface area contributed by atoms with Gasteiger partial charge in [-0.2, -0.15) is 0 Å². The number of β-amino-alcohol motifs (C(OH)–C–C–N with tert-alkyl or cyclic N) is 1. The van der Waals surface area contributed by atoms with Gasteiger partial charge in [-0.25, -0.2) is 0 Å². The topological polar surface area (TPSA) is 191 Å². The van der Waals surface area contributed by atoms with Gasteiger partial charge >= 0.3 is 0 Å². The fourth-order valence-corrected chi connectivity index (χ4v) is 7.49. The lowest BCUT2D eigenvalue weighted by molar-refractivity contribution is -0.139. The Bertz CT molecular complexity index is 1700. The van der Waals surface area contributed by atoms with Gasteiger partial charge in [-0.1, -0.05) is 57.5 Å². The number of anilines is 2. The van der Waals surface area contributed by atoms with E-state index in [0.717, 1.165) is 41.6 Å². The van der Waals surface area contributed by atoms with E-state index in [-0.39, 0.29) is 43.5 Å². The Morgan fingerprint density at radius 1 is 0.962 bits per heavy atom. The van der Waals surface area contributed by atoms with Crippen LogP contribution in [0.15, 0.2) is 42.5 Å². The molecule has 2 aromatic carbocycles. The van der Waals surface area contributed by atoms with Crippen LogP contribution in [0.5, 0.6) is 0 Å². The van der Waals surface area contributed by atoms with Crippen molar-refractivity contribution in [2.24, 2.45) is 11.1 Å². The number of carbonyl (C=O) groups is 6. The average molecular weight is 731 g/mol. The normalized spacial score (nSPS) is 19.2. The smallest absolute Gasteiger partial charge is 0.246 e. The second kappa shape index (κ2) is 17.4. The van der Waals surface area contributed by atoms with E-state index in [2.05, 4.69) is 16.0 Å². The Labute approximate surface area is 311 Å². The fourth-order valence-electron chi connectivity index (χ4n) is 7.49. The predicted molar refractivity (Wildman–Crippen MR) is 201 cm³/mol. The number of aryl methyl sites for hydroxylation is 2. The molecule has 1 fully saturated rings. The molecule has 1 saturated heterocycles. The second-order valence-electron chi connectivity index (χ2n) is 15.7. The Morgan fingerprint density at radius 2 is 1.72 bits per heavy atom. The molecular formula is C40H54N6O7. The molecule has 0 radical (unpaired) electrons. The van der Waals surface area contributed by atoms with Gasteiger partial charge in [-0.3, -0.25) is 33.7 Å². The first-order valence-electron chi connectivity index (χ1n) is 18.9. The monoisotopic (exact) mass is 730 g/mol. The molecule has 0 spiro atoms. The maximum Gasteiger partial charge on any atom is 0.246 e. The molecule has 3 aliphatic heterocycles. The van der Waals surface area contributed by atoms with Gasteiger partial charge in [-0.05, 0) is 79.2 Å². The van der Waals surface area contributed by atoms with Gasteiger partial charge < -0.3 is 31.7 Å². The first-order chi connectivity index (χ1) is 25.2. The van der Waals surface area contributed by atoms with Crippen molar-refractivity contribution in [2.45, 2.75) is 122 Å². The third-order valence-electron chi connectivity index (χ3n) is 10.3. The second-order valence-corrected chi connectivity index (χ2v) is 15.7. The molecule has 6 N–H and O–H groups in total. The van der Waals surface area contributed by atoms with Crippen LogP contribution >= 0.6 is 0 Å². The number of nitrogens with zero attached hydrogens (tertiary/aromatic N) is 2. The minimum absolute atomic E-state index is 0.00504. The minimum Gasteiger partial charge on any atom is -0.391 e. The number of aliphatic hydroxyl groups excluding tert-OH is 1. The minimum atomic E-state index is -1.05. The molecule has 13 heteroatoms. The number of carbonyl (C=O) groups excluding carboxylic acids is 6. The zero-order chi connectivity index (χ0) is 38.3. The molecule has 5 rings (SSSR count). The van der Waals surface area contributed by atoms with Gasteiger partial charge in [0.15, 0.2) is 0 Å². The first-order valence-corrected chi connectivity index (χ1v) is 18.9. The van der Waals surface area contributed by atoms with Crippen LogP contribution in [0.4, 0.5) is 11.4 Å². The fraction of sp³-hybridized carbons (Fsp3) is 0.550. The number of hydrogen-bond donors (Lipinski definition) is 5. The summed E-state index contributed by atoms with van der Waals surface area (Å²) in [5, 5.41) is 18.5. The molecule has 3 aliphatic rings. The predicted octanol–water partition coefficient (Wildman–Crippen LogP) is 2.90. The molecule has 0 saturated carbocycles. The molecule has 2 aromatic rings. The van der Waals surface area contributed by atoms with Gasteiger partial charge in [0.1, 0.15) is 18.1 Å². The number of rotatable bonds is 15. The SMILES string of the molecule is CC(C)(C)[C@H](NC(=O)CCCCCc1cccc(NC(=O)[C@H](CCC(N)=O)NC(=O)[C@@H]2Cc3cccc4c3N2C(=O)CCC4)c1)C(=O)N1CC[C@@H](O)C1. The molecule has 13 nitrogen and oxygen atoms in total. The zero-order valence-electron chi connectivity index (χ0n) is 31.1. The van der Waals surface area contributed by atoms with E-state index in [9.17, 15) is 33.9 Å². The molecular weight excluding hydrogens is 676 g/mol. The van der Waals surface area contributed by atoms with Crippen LogP contribution in [0.2, 0.25) is 0 Å². The molecule has 4 atom stereocenters. The third kappa shape index (κ3) is 10.2. The van der Waals surface area contributed by atoms with E-state index in [1.165, 1.54) is 0 Å². The van der Waals surface area contributed by atoms with Crippen LogP contribution in [-0.2, 0) is 48.0 Å². The van der Waals surface area contributed by atoms with Gasteiger partial charge in [-0.15, -0.1) is 0 Å². The van der Waals surface area contributed by atoms with Crippen molar-refractivity contribution in [3.05, 3.63) is 59.2 Å². The summed E-state index contributed by atoms with van der Waals surface area (Å²) in [6.45, 7) is 6.52. The largest absolute Gasteiger partial charge is 0.391 e. The summed E-state index contributed by atoms with van der Waals surface area (Å²) in [6.07, 6.45) is 5.28. The molecule has 3 heterocycles. The molecule has 0 unspecified atom stereocenters. The summed E-state index contributed by atoms with van der Waals surface area (Å²) in [7, 11) is 0. The first kappa shape index (κ1) is 39.4. The van der Waals surface area contributed by atoms with E-state index in [4.69, 9.17) is 5.73 Å². The van der Waals surface area contributed by atoms with Crippen molar-refractivity contribution in [3.8, 4) is 0 Å². The number of nitrogens with two attached hydrogens (primary N) is 1. The number of hydrogen-bond acceptors (Lipinski definition) is 7. The maximum absolute atomic E-state index is 13.7. The summed E-state index contributed by atoms with van der Waals surface area (Å²) in [6, 6.07) is 10.7. The summed E-state index contributed by atoms with van der Waals surface area (Å²) in [4.78, 5) is 81.2. The van der Waals surface area contributed by atoms with Crippen LogP contribution in [0.25, 0.3) is 0 Å². The summed E-state index contributed by atoms with van der Waals surface area (Å²) < 4.78 is 0. The van der Waals surface area contributed by atoms with Crippen molar-refractivity contribution < 1.29 is 33.9 Å². The molecule has 0 aromatic heterocycles. The Kier molecular flexibility index (Phi) is 12.9. The van der Waals surface area contributed by atoms with Crippen LogP contribution in [0.1, 0.15) is 95.2 Å². The highest BCUT2D eigenvalue weighted by Crippen LogP contribution is 2.39. The summed E-state index contributed by atoms with van der Waals surface area (Å²) >= 11 is 0. The number of para-hydroxylation sites is 1. The number of benzene rings is 2. The number of likely N-dealkylation sites (tertiary alicyclic amines) is 1. The van der Waals surface area contributed by atoms with Crippen molar-refractivity contribution >= 4 is 46.8 Å². The van der Waals surface area contributed by atoms with Crippen LogP contribution in [0.3, 0.4) is 0 Å². The highest BCUT2D eigenvalue weighted by atomic mass is 16.3. The highest BCUT2D eigenvalue weighted by molar-refractivity contribution is 6.06. The number of nitrogens with one attached hydrogen (secondary N) is 3. The van der Waals surface area contributed by atoms with E-state index in [0.29, 0.717) is 50.8 Å². The number of aliphatic hydroxyl groups is 1. The van der Waals surface area contributed by atoms with Crippen molar-refractivity contribution in [1.29, 1.82) is 0 Å². The van der Waals surface area contributed by atoms with Crippen LogP contribution < -0.4 is 26.6 Å². The van der Waals surface area contributed by atoms with Crippen LogP contribution in [-0.4, -0.2) is 82.8 Å². The molecule has 286 valence electrons. The van der Waals surface area contributed by atoms with E-state index >= 15 is 0 Å². The van der Waals surface area contributed by atoms with Gasteiger partial charge in [0, 0.05) is 44.5 Å². The standard InChI is InChI=1S/C40H54N6O7/c1-40(2,3)36(39(53)45-21-20-29(47)24-45)44-33(49)16-6-4-5-10-25-11-7-15-28(22-25)42-37(51)30(18-19-32(41)48)43-38(52)31-23-27-14-8-12-26-13-9-17-34(50)46(31)35(26)27/h7-8,11-12,14-15,22,29-31,36,47H,4-6,9-10,13,16-21,23-24H2,1-3H3,(H2,41,48)(H,42,51)(H,43,52)(H,44,49)/t29-,30+,31+,36-/m1/s1. The Balaban J connectivity index is 1.12. The van der Waals surface area contributed by atoms with E-state index < -0.39 is 47.4 Å². The zero-order valence-corrected chi connectivity index (χ0v) is 31.1.